The highest BCUT2D eigenvalue weighted by atomic mass is 35.5. The van der Waals surface area contributed by atoms with Crippen molar-refractivity contribution in [1.29, 1.82) is 5.26 Å². The number of carbonyl (C=O) groups excluding carboxylic acids is 1. The number of benzene rings is 3. The first-order valence-corrected chi connectivity index (χ1v) is 9.91. The molecule has 0 saturated heterocycles. The number of carbonyl (C=O) groups is 1. The van der Waals surface area contributed by atoms with Gasteiger partial charge < -0.3 is 10.1 Å². The van der Waals surface area contributed by atoms with E-state index in [0.29, 0.717) is 22.9 Å². The van der Waals surface area contributed by atoms with E-state index in [1.807, 2.05) is 25.1 Å². The molecule has 0 aromatic heterocycles. The second kappa shape index (κ2) is 9.92. The molecule has 0 atom stereocenters. The number of hydrogen-bond donors (Lipinski definition) is 1. The average Bonchev–Trinajstić information content (AvgIpc) is 2.75. The van der Waals surface area contributed by atoms with Crippen LogP contribution < -0.4 is 10.1 Å². The number of hydrogen-bond acceptors (Lipinski definition) is 3. The Hall–Kier alpha value is -3.62. The second-order valence-electron chi connectivity index (χ2n) is 7.00. The first-order chi connectivity index (χ1) is 14.9. The molecule has 0 heterocycles. The summed E-state index contributed by atoms with van der Waals surface area (Å²) >= 11 is 6.32. The van der Waals surface area contributed by atoms with Gasteiger partial charge in [-0.15, -0.1) is 0 Å². The van der Waals surface area contributed by atoms with Crippen molar-refractivity contribution in [3.05, 3.63) is 99.3 Å². The summed E-state index contributed by atoms with van der Waals surface area (Å²) in [6.45, 7) is 4.46. The van der Waals surface area contributed by atoms with Gasteiger partial charge in [0.1, 0.15) is 29.8 Å². The molecule has 0 radical (unpaired) electrons. The first-order valence-electron chi connectivity index (χ1n) is 9.53. The molecule has 1 N–H and O–H groups in total. The van der Waals surface area contributed by atoms with Gasteiger partial charge in [0.15, 0.2) is 0 Å². The van der Waals surface area contributed by atoms with Gasteiger partial charge in [-0.2, -0.15) is 5.26 Å². The fourth-order valence-electron chi connectivity index (χ4n) is 2.85. The van der Waals surface area contributed by atoms with Crippen molar-refractivity contribution in [2.45, 2.75) is 20.5 Å². The Morgan fingerprint density at radius 1 is 1.13 bits per heavy atom. The number of ether oxygens (including phenoxy) is 1. The number of para-hydroxylation sites is 1. The van der Waals surface area contributed by atoms with Crippen molar-refractivity contribution < 1.29 is 13.9 Å². The van der Waals surface area contributed by atoms with Crippen molar-refractivity contribution >= 4 is 29.3 Å². The molecule has 31 heavy (non-hydrogen) atoms. The second-order valence-corrected chi connectivity index (χ2v) is 7.41. The molecule has 4 nitrogen and oxygen atoms in total. The van der Waals surface area contributed by atoms with Gasteiger partial charge in [0.2, 0.25) is 0 Å². The van der Waals surface area contributed by atoms with Gasteiger partial charge >= 0.3 is 0 Å². The van der Waals surface area contributed by atoms with Gasteiger partial charge in [-0.3, -0.25) is 4.79 Å². The van der Waals surface area contributed by atoms with Crippen molar-refractivity contribution in [3.8, 4) is 11.8 Å². The van der Waals surface area contributed by atoms with Crippen LogP contribution in [0.5, 0.6) is 5.75 Å². The summed E-state index contributed by atoms with van der Waals surface area (Å²) in [5, 5.41) is 12.1. The summed E-state index contributed by atoms with van der Waals surface area (Å²) in [5.74, 6) is -0.799. The molecule has 0 aliphatic rings. The number of amides is 1. The number of halogens is 2. The minimum atomic E-state index is -0.709. The summed E-state index contributed by atoms with van der Waals surface area (Å²) in [4.78, 5) is 12.3. The lowest BCUT2D eigenvalue weighted by atomic mass is 10.1. The van der Waals surface area contributed by atoms with E-state index < -0.39 is 11.7 Å². The normalized spacial score (nSPS) is 11.0. The Morgan fingerprint density at radius 3 is 2.58 bits per heavy atom. The lowest BCUT2D eigenvalue weighted by Gasteiger charge is -2.10. The van der Waals surface area contributed by atoms with Crippen molar-refractivity contribution in [2.24, 2.45) is 0 Å². The van der Waals surface area contributed by atoms with Gasteiger partial charge in [0.25, 0.3) is 5.91 Å². The number of anilines is 1. The van der Waals surface area contributed by atoms with E-state index >= 15 is 0 Å². The summed E-state index contributed by atoms with van der Waals surface area (Å²) < 4.78 is 19.5. The monoisotopic (exact) mass is 434 g/mol. The molecular weight excluding hydrogens is 415 g/mol. The minimum absolute atomic E-state index is 0.00164. The molecule has 156 valence electrons. The molecule has 3 aromatic carbocycles. The van der Waals surface area contributed by atoms with E-state index in [-0.39, 0.29) is 11.3 Å². The Kier molecular flexibility index (Phi) is 7.07. The zero-order valence-electron chi connectivity index (χ0n) is 17.1. The Morgan fingerprint density at radius 2 is 1.90 bits per heavy atom. The maximum absolute atomic E-state index is 13.7. The fourth-order valence-corrected chi connectivity index (χ4v) is 3.09. The molecule has 0 fully saturated rings. The third kappa shape index (κ3) is 5.71. The van der Waals surface area contributed by atoms with Crippen LogP contribution in [0.4, 0.5) is 10.1 Å². The number of rotatable bonds is 6. The number of nitriles is 1. The fraction of sp³-hybridized carbons (Fsp3) is 0.120. The van der Waals surface area contributed by atoms with Crippen LogP contribution in [0.2, 0.25) is 5.02 Å². The van der Waals surface area contributed by atoms with Crippen LogP contribution in [-0.4, -0.2) is 5.91 Å². The lowest BCUT2D eigenvalue weighted by Crippen LogP contribution is -2.14. The van der Waals surface area contributed by atoms with Crippen LogP contribution in [0.3, 0.4) is 0 Å². The van der Waals surface area contributed by atoms with E-state index in [9.17, 15) is 14.4 Å². The van der Waals surface area contributed by atoms with Crippen LogP contribution in [-0.2, 0) is 11.4 Å². The minimum Gasteiger partial charge on any atom is -0.487 e. The average molecular weight is 435 g/mol. The van der Waals surface area contributed by atoms with Crippen molar-refractivity contribution in [2.75, 3.05) is 5.32 Å². The van der Waals surface area contributed by atoms with Crippen molar-refractivity contribution in [3.63, 3.8) is 0 Å². The first kappa shape index (κ1) is 22.1. The molecule has 0 unspecified atom stereocenters. The Bertz CT molecular complexity index is 1200. The van der Waals surface area contributed by atoms with E-state index in [4.69, 9.17) is 16.3 Å². The largest absolute Gasteiger partial charge is 0.487 e. The molecule has 0 spiro atoms. The van der Waals surface area contributed by atoms with Gasteiger partial charge in [0, 0.05) is 0 Å². The quantitative estimate of drug-likeness (QED) is 0.370. The number of nitrogens with one attached hydrogen (secondary N) is 1. The summed E-state index contributed by atoms with van der Waals surface area (Å²) in [7, 11) is 0. The molecule has 1 amide bonds. The number of nitrogens with zero attached hydrogens (tertiary/aromatic N) is 1. The Balaban J connectivity index is 1.72. The topological polar surface area (TPSA) is 62.1 Å². The molecule has 0 bridgehead atoms. The molecule has 0 aliphatic heterocycles. The molecule has 3 aromatic rings. The van der Waals surface area contributed by atoms with Crippen LogP contribution in [0.15, 0.2) is 66.2 Å². The highest BCUT2D eigenvalue weighted by Gasteiger charge is 2.12. The van der Waals surface area contributed by atoms with Gasteiger partial charge in [-0.1, -0.05) is 48.0 Å². The third-order valence-electron chi connectivity index (χ3n) is 4.72. The zero-order chi connectivity index (χ0) is 22.4. The summed E-state index contributed by atoms with van der Waals surface area (Å²) in [5.41, 5.74) is 3.80. The highest BCUT2D eigenvalue weighted by Crippen LogP contribution is 2.27. The molecule has 6 heteroatoms. The lowest BCUT2D eigenvalue weighted by molar-refractivity contribution is -0.112. The Labute approximate surface area is 185 Å². The van der Waals surface area contributed by atoms with E-state index in [0.717, 1.165) is 5.56 Å². The van der Waals surface area contributed by atoms with Gasteiger partial charge in [0.05, 0.1) is 10.7 Å². The maximum Gasteiger partial charge on any atom is 0.266 e. The van der Waals surface area contributed by atoms with Crippen LogP contribution >= 0.6 is 11.6 Å². The maximum atomic E-state index is 13.7. The molecule has 3 rings (SSSR count). The summed E-state index contributed by atoms with van der Waals surface area (Å²) in [6, 6.07) is 18.7. The summed E-state index contributed by atoms with van der Waals surface area (Å²) in [6.07, 6.45) is 1.38. The van der Waals surface area contributed by atoms with Gasteiger partial charge in [-0.25, -0.2) is 4.39 Å². The standard InChI is InChI=1S/C25H20ClFN2O2/c1-16-7-8-19(11-17(16)2)15-31-24-10-9-18(13-21(24)26)12-20(14-28)25(30)29-23-6-4-3-5-22(23)27/h3-13H,15H2,1-2H3,(H,29,30)/b20-12+. The van der Waals surface area contributed by atoms with Crippen LogP contribution in [0, 0.1) is 31.0 Å². The smallest absolute Gasteiger partial charge is 0.266 e. The van der Waals surface area contributed by atoms with E-state index in [1.54, 1.807) is 24.3 Å². The zero-order valence-corrected chi connectivity index (χ0v) is 17.8. The molecular formula is C25H20ClFN2O2. The molecule has 0 aliphatic carbocycles. The third-order valence-corrected chi connectivity index (χ3v) is 5.02. The number of aryl methyl sites for hydroxylation is 2. The van der Waals surface area contributed by atoms with E-state index in [2.05, 4.69) is 18.3 Å². The predicted molar refractivity (Wildman–Crippen MR) is 120 cm³/mol. The van der Waals surface area contributed by atoms with Crippen LogP contribution in [0.1, 0.15) is 22.3 Å². The highest BCUT2D eigenvalue weighted by molar-refractivity contribution is 6.32. The van der Waals surface area contributed by atoms with Crippen LogP contribution in [0.25, 0.3) is 6.08 Å². The molecule has 0 saturated carbocycles. The van der Waals surface area contributed by atoms with E-state index in [1.165, 1.54) is 35.4 Å². The predicted octanol–water partition coefficient (Wildman–Crippen LogP) is 6.22. The SMILES string of the molecule is Cc1ccc(COc2ccc(/C=C(\C#N)C(=O)Nc3ccccc3F)cc2Cl)cc1C. The van der Waals surface area contributed by atoms with Gasteiger partial charge in [-0.05, 0) is 66.4 Å². The van der Waals surface area contributed by atoms with Crippen molar-refractivity contribution in [1.82, 2.24) is 0 Å².